The van der Waals surface area contributed by atoms with E-state index < -0.39 is 12.2 Å². The van der Waals surface area contributed by atoms with Gasteiger partial charge in [-0.3, -0.25) is 0 Å². The van der Waals surface area contributed by atoms with E-state index in [0.29, 0.717) is 0 Å². The lowest BCUT2D eigenvalue weighted by molar-refractivity contribution is 0.0899. The van der Waals surface area contributed by atoms with Crippen molar-refractivity contribution in [2.45, 2.75) is 6.92 Å². The van der Waals surface area contributed by atoms with E-state index in [0.717, 1.165) is 0 Å². The molecule has 18 heavy (non-hydrogen) atoms. The van der Waals surface area contributed by atoms with Crippen molar-refractivity contribution in [3.05, 3.63) is 0 Å². The quantitative estimate of drug-likeness (QED) is 0.449. The molecule has 2 amide bonds. The van der Waals surface area contributed by atoms with Gasteiger partial charge in [0.2, 0.25) is 0 Å². The van der Waals surface area contributed by atoms with E-state index in [1.807, 2.05) is 0 Å². The fourth-order valence-corrected chi connectivity index (χ4v) is 0.902. The molecular weight excluding hydrogens is 244 g/mol. The number of ether oxygens (including phenoxy) is 2. The largest absolute Gasteiger partial charge is 0.449 e. The lowest BCUT2D eigenvalue weighted by Gasteiger charge is -2.13. The second-order valence-corrected chi connectivity index (χ2v) is 3.60. The van der Waals surface area contributed by atoms with Crippen LogP contribution in [0.1, 0.15) is 6.92 Å². The molecule has 0 aliphatic carbocycles. The maximum atomic E-state index is 11.0. The third-order valence-electron chi connectivity index (χ3n) is 1.76. The van der Waals surface area contributed by atoms with Crippen LogP contribution in [0.5, 0.6) is 0 Å². The van der Waals surface area contributed by atoms with Gasteiger partial charge in [0, 0.05) is 19.0 Å². The number of hydrogen-bond acceptors (Lipinski definition) is 6. The Kier molecular flexibility index (Phi) is 9.70. The minimum atomic E-state index is -0.624. The molecule has 4 N–H and O–H groups in total. The number of carbonyl (C=O) groups excluding carboxylic acids is 2. The van der Waals surface area contributed by atoms with Crippen molar-refractivity contribution < 1.29 is 29.3 Å². The molecule has 0 bridgehead atoms. The number of rotatable bonds is 8. The lowest BCUT2D eigenvalue weighted by atomic mass is 10.2. The first-order chi connectivity index (χ1) is 8.60. The van der Waals surface area contributed by atoms with Crippen LogP contribution in [0.3, 0.4) is 0 Å². The van der Waals surface area contributed by atoms with Gasteiger partial charge in [0.25, 0.3) is 0 Å². The first-order valence-corrected chi connectivity index (χ1v) is 5.63. The predicted molar refractivity (Wildman–Crippen MR) is 62.0 cm³/mol. The molecule has 0 atom stereocenters. The van der Waals surface area contributed by atoms with Crippen molar-refractivity contribution in [1.29, 1.82) is 0 Å². The second-order valence-electron chi connectivity index (χ2n) is 3.60. The molecule has 0 spiro atoms. The highest BCUT2D eigenvalue weighted by molar-refractivity contribution is 5.67. The lowest BCUT2D eigenvalue weighted by Crippen LogP contribution is -2.31. The van der Waals surface area contributed by atoms with Gasteiger partial charge in [-0.1, -0.05) is 6.92 Å². The van der Waals surface area contributed by atoms with Crippen molar-refractivity contribution in [2.75, 3.05) is 39.5 Å². The molecule has 106 valence electrons. The molecule has 0 aliphatic heterocycles. The smallest absolute Gasteiger partial charge is 0.407 e. The molecule has 0 saturated carbocycles. The summed E-state index contributed by atoms with van der Waals surface area (Å²) in [6.45, 7) is 1.91. The highest BCUT2D eigenvalue weighted by Crippen LogP contribution is 1.97. The zero-order valence-electron chi connectivity index (χ0n) is 10.3. The second kappa shape index (κ2) is 10.6. The van der Waals surface area contributed by atoms with E-state index >= 15 is 0 Å². The highest BCUT2D eigenvalue weighted by atomic mass is 16.6. The zero-order valence-corrected chi connectivity index (χ0v) is 10.3. The molecule has 0 heterocycles. The summed E-state index contributed by atoms with van der Waals surface area (Å²) >= 11 is 0. The van der Waals surface area contributed by atoms with Gasteiger partial charge >= 0.3 is 12.2 Å². The Morgan fingerprint density at radius 3 is 1.72 bits per heavy atom. The first-order valence-electron chi connectivity index (χ1n) is 5.63. The van der Waals surface area contributed by atoms with Gasteiger partial charge in [-0.15, -0.1) is 0 Å². The van der Waals surface area contributed by atoms with Crippen molar-refractivity contribution in [1.82, 2.24) is 10.6 Å². The molecule has 0 unspecified atom stereocenters. The average Bonchev–Trinajstić information content (AvgIpc) is 2.37. The fraction of sp³-hybridized carbons (Fsp3) is 0.800. The summed E-state index contributed by atoms with van der Waals surface area (Å²) in [6.07, 6.45) is -1.25. The Morgan fingerprint density at radius 2 is 1.39 bits per heavy atom. The minimum Gasteiger partial charge on any atom is -0.449 e. The van der Waals surface area contributed by atoms with Crippen molar-refractivity contribution in [3.8, 4) is 0 Å². The van der Waals surface area contributed by atoms with Crippen LogP contribution in [0, 0.1) is 5.92 Å². The number of nitrogens with one attached hydrogen (secondary N) is 2. The van der Waals surface area contributed by atoms with Crippen LogP contribution in [-0.4, -0.2) is 61.9 Å². The first kappa shape index (κ1) is 16.5. The Balaban J connectivity index is 3.55. The number of carbonyl (C=O) groups is 2. The Morgan fingerprint density at radius 1 is 1.00 bits per heavy atom. The van der Waals surface area contributed by atoms with Crippen LogP contribution in [0.15, 0.2) is 0 Å². The molecule has 0 aromatic carbocycles. The van der Waals surface area contributed by atoms with Crippen LogP contribution in [0.25, 0.3) is 0 Å². The Hall–Kier alpha value is -1.54. The average molecular weight is 264 g/mol. The molecule has 0 aromatic rings. The summed E-state index contributed by atoms with van der Waals surface area (Å²) in [4.78, 5) is 22.0. The topological polar surface area (TPSA) is 117 Å². The SMILES string of the molecule is CC(COC(=O)NCCO)COC(=O)NCCO. The third-order valence-corrected chi connectivity index (χ3v) is 1.76. The minimum absolute atomic E-state index is 0.102. The third kappa shape index (κ3) is 9.67. The number of aliphatic hydroxyl groups excluding tert-OH is 2. The van der Waals surface area contributed by atoms with Crippen molar-refractivity contribution in [3.63, 3.8) is 0 Å². The maximum absolute atomic E-state index is 11.0. The molecular formula is C10H20N2O6. The van der Waals surface area contributed by atoms with Crippen molar-refractivity contribution >= 4 is 12.2 Å². The Labute approximate surface area is 105 Å². The summed E-state index contributed by atoms with van der Waals surface area (Å²) in [7, 11) is 0. The van der Waals surface area contributed by atoms with Gasteiger partial charge in [-0.05, 0) is 0 Å². The van der Waals surface area contributed by atoms with E-state index in [1.54, 1.807) is 6.92 Å². The zero-order chi connectivity index (χ0) is 13.8. The molecule has 0 rings (SSSR count). The maximum Gasteiger partial charge on any atom is 0.407 e. The van der Waals surface area contributed by atoms with E-state index in [9.17, 15) is 9.59 Å². The van der Waals surface area contributed by atoms with E-state index in [4.69, 9.17) is 19.7 Å². The normalized spacial score (nSPS) is 10.0. The van der Waals surface area contributed by atoms with Crippen LogP contribution < -0.4 is 10.6 Å². The van der Waals surface area contributed by atoms with Gasteiger partial charge in [0.15, 0.2) is 0 Å². The van der Waals surface area contributed by atoms with Gasteiger partial charge in [0.05, 0.1) is 26.4 Å². The number of aliphatic hydroxyl groups is 2. The fourth-order valence-electron chi connectivity index (χ4n) is 0.902. The van der Waals surface area contributed by atoms with Crippen LogP contribution in [-0.2, 0) is 9.47 Å². The molecule has 8 nitrogen and oxygen atoms in total. The van der Waals surface area contributed by atoms with Gasteiger partial charge in [-0.2, -0.15) is 0 Å². The predicted octanol–water partition coefficient (Wildman–Crippen LogP) is -0.940. The van der Waals surface area contributed by atoms with Crippen LogP contribution >= 0.6 is 0 Å². The molecule has 0 fully saturated rings. The monoisotopic (exact) mass is 264 g/mol. The molecule has 0 aliphatic rings. The molecule has 0 aromatic heterocycles. The van der Waals surface area contributed by atoms with Crippen LogP contribution in [0.4, 0.5) is 9.59 Å². The molecule has 0 saturated heterocycles. The summed E-state index contributed by atoms with van der Waals surface area (Å²) in [5, 5.41) is 21.6. The summed E-state index contributed by atoms with van der Waals surface area (Å²) in [5.41, 5.74) is 0. The number of hydrogen-bond donors (Lipinski definition) is 4. The number of alkyl carbamates (subject to hydrolysis) is 2. The Bertz CT molecular complexity index is 225. The summed E-state index contributed by atoms with van der Waals surface area (Å²) in [6, 6.07) is 0. The van der Waals surface area contributed by atoms with E-state index in [1.165, 1.54) is 0 Å². The van der Waals surface area contributed by atoms with Crippen LogP contribution in [0.2, 0.25) is 0 Å². The molecule has 8 heteroatoms. The highest BCUT2D eigenvalue weighted by Gasteiger charge is 2.09. The van der Waals surface area contributed by atoms with Gasteiger partial charge < -0.3 is 30.3 Å². The molecule has 0 radical (unpaired) electrons. The standard InChI is InChI=1S/C10H20N2O6/c1-8(6-17-9(15)11-2-4-13)7-18-10(16)12-3-5-14/h8,13-14H,2-7H2,1H3,(H,11,15)(H,12,16). The summed E-state index contributed by atoms with van der Waals surface area (Å²) in [5.74, 6) is -0.148. The van der Waals surface area contributed by atoms with Crippen molar-refractivity contribution in [2.24, 2.45) is 5.92 Å². The van der Waals surface area contributed by atoms with E-state index in [-0.39, 0.29) is 45.4 Å². The van der Waals surface area contributed by atoms with Gasteiger partial charge in [0.1, 0.15) is 0 Å². The number of amides is 2. The van der Waals surface area contributed by atoms with E-state index in [2.05, 4.69) is 10.6 Å². The summed E-state index contributed by atoms with van der Waals surface area (Å²) < 4.78 is 9.61. The van der Waals surface area contributed by atoms with Gasteiger partial charge in [-0.25, -0.2) is 9.59 Å².